The second-order valence-electron chi connectivity index (χ2n) is 10.5. The lowest BCUT2D eigenvalue weighted by Gasteiger charge is -2.67. The summed E-state index contributed by atoms with van der Waals surface area (Å²) >= 11 is 0. The van der Waals surface area contributed by atoms with E-state index in [0.717, 1.165) is 24.3 Å². The largest absolute Gasteiger partial charge is 0.481 e. The van der Waals surface area contributed by atoms with Crippen molar-refractivity contribution < 1.29 is 36.6 Å². The maximum Gasteiger partial charge on any atom is 0.416 e. The van der Waals surface area contributed by atoms with Crippen molar-refractivity contribution in [3.8, 4) is 11.1 Å². The molecule has 10 heteroatoms. The van der Waals surface area contributed by atoms with E-state index in [-0.39, 0.29) is 23.2 Å². The number of nitrogens with zero attached hydrogens (tertiary/aromatic N) is 1. The van der Waals surface area contributed by atoms with Crippen molar-refractivity contribution in [2.75, 3.05) is 0 Å². The van der Waals surface area contributed by atoms with Gasteiger partial charge in [-0.3, -0.25) is 9.59 Å². The van der Waals surface area contributed by atoms with Crippen molar-refractivity contribution in [1.29, 1.82) is 0 Å². The standard InChI is InChI=1S/C29H21F5N2O3/c30-21-2-1-3-22(31)23(21)18-10-17-8-9-36(12-16-4-6-19(7-5-16)29(32,33)34)24(17)20(11-18)25(37)35-28-13-27(14-28,15-28)26(38)39/h1-11H,12-15H2,(H,35,37)(H,38,39). The quantitative estimate of drug-likeness (QED) is 0.279. The molecular weight excluding hydrogens is 519 g/mol. The molecule has 3 saturated carbocycles. The van der Waals surface area contributed by atoms with Crippen LogP contribution in [0, 0.1) is 17.0 Å². The Morgan fingerprint density at radius 3 is 2.18 bits per heavy atom. The fourth-order valence-corrected chi connectivity index (χ4v) is 6.02. The maximum absolute atomic E-state index is 14.7. The van der Waals surface area contributed by atoms with Gasteiger partial charge >= 0.3 is 12.1 Å². The molecule has 3 aliphatic carbocycles. The smallest absolute Gasteiger partial charge is 0.416 e. The highest BCUT2D eigenvalue weighted by molar-refractivity contribution is 6.08. The Morgan fingerprint density at radius 1 is 0.949 bits per heavy atom. The number of alkyl halides is 3. The predicted octanol–water partition coefficient (Wildman–Crippen LogP) is 6.39. The Bertz CT molecular complexity index is 1620. The molecule has 3 aromatic carbocycles. The van der Waals surface area contributed by atoms with E-state index in [4.69, 9.17) is 0 Å². The number of hydrogen-bond donors (Lipinski definition) is 2. The predicted molar refractivity (Wildman–Crippen MR) is 132 cm³/mol. The van der Waals surface area contributed by atoms with Gasteiger partial charge < -0.3 is 15.0 Å². The number of aliphatic carboxylic acids is 1. The van der Waals surface area contributed by atoms with E-state index in [0.29, 0.717) is 35.7 Å². The summed E-state index contributed by atoms with van der Waals surface area (Å²) < 4.78 is 70.0. The number of benzene rings is 3. The summed E-state index contributed by atoms with van der Waals surface area (Å²) in [6.45, 7) is 0.141. The first kappa shape index (κ1) is 25.1. The van der Waals surface area contributed by atoms with E-state index in [1.165, 1.54) is 24.3 Å². The molecule has 0 atom stereocenters. The zero-order valence-electron chi connectivity index (χ0n) is 20.3. The number of rotatable bonds is 6. The minimum absolute atomic E-state index is 0.121. The van der Waals surface area contributed by atoms with Gasteiger partial charge in [-0.2, -0.15) is 13.2 Å². The molecule has 4 aromatic rings. The first-order valence-corrected chi connectivity index (χ1v) is 12.2. The SMILES string of the molecule is O=C(NC12CC(C(=O)O)(C1)C2)c1cc(-c2c(F)cccc2F)cc2ccn(Cc3ccc(C(F)(F)F)cc3)c12. The van der Waals surface area contributed by atoms with Gasteiger partial charge in [-0.25, -0.2) is 8.78 Å². The molecule has 0 unspecified atom stereocenters. The molecule has 7 rings (SSSR count). The molecule has 0 spiro atoms. The second-order valence-corrected chi connectivity index (χ2v) is 10.5. The normalized spacial score (nSPS) is 21.8. The molecule has 3 aliphatic rings. The Morgan fingerprint density at radius 2 is 1.59 bits per heavy atom. The van der Waals surface area contributed by atoms with Crippen LogP contribution in [0.4, 0.5) is 22.0 Å². The van der Waals surface area contributed by atoms with Crippen LogP contribution in [0.2, 0.25) is 0 Å². The number of carbonyl (C=O) groups is 2. The van der Waals surface area contributed by atoms with Gasteiger partial charge in [-0.05, 0) is 72.9 Å². The molecule has 2 N–H and O–H groups in total. The minimum Gasteiger partial charge on any atom is -0.481 e. The molecule has 0 radical (unpaired) electrons. The zero-order valence-corrected chi connectivity index (χ0v) is 20.3. The molecule has 1 aromatic heterocycles. The second kappa shape index (κ2) is 8.39. The number of carboxylic acid groups (broad SMARTS) is 1. The van der Waals surface area contributed by atoms with E-state index in [2.05, 4.69) is 5.32 Å². The van der Waals surface area contributed by atoms with E-state index >= 15 is 0 Å². The summed E-state index contributed by atoms with van der Waals surface area (Å²) in [5.74, 6) is -3.02. The molecule has 1 amide bonds. The van der Waals surface area contributed by atoms with Crippen LogP contribution in [-0.4, -0.2) is 27.1 Å². The molecule has 0 saturated heterocycles. The molecular formula is C29H21F5N2O3. The van der Waals surface area contributed by atoms with Crippen molar-refractivity contribution in [2.24, 2.45) is 5.41 Å². The van der Waals surface area contributed by atoms with Crippen LogP contribution < -0.4 is 5.32 Å². The van der Waals surface area contributed by atoms with Crippen LogP contribution in [0.1, 0.15) is 40.7 Å². The van der Waals surface area contributed by atoms with Crippen LogP contribution in [0.5, 0.6) is 0 Å². The number of fused-ring (bicyclic) bond motifs is 1. The van der Waals surface area contributed by atoms with Gasteiger partial charge in [0, 0.05) is 23.7 Å². The first-order valence-electron chi connectivity index (χ1n) is 12.2. The summed E-state index contributed by atoms with van der Waals surface area (Å²) in [5, 5.41) is 12.9. The van der Waals surface area contributed by atoms with Gasteiger partial charge in [0.05, 0.1) is 27.6 Å². The van der Waals surface area contributed by atoms with Crippen molar-refractivity contribution in [1.82, 2.24) is 9.88 Å². The fourth-order valence-electron chi connectivity index (χ4n) is 6.02. The topological polar surface area (TPSA) is 71.3 Å². The van der Waals surface area contributed by atoms with Crippen LogP contribution in [0.3, 0.4) is 0 Å². The first-order chi connectivity index (χ1) is 18.4. The lowest BCUT2D eigenvalue weighted by molar-refractivity contribution is -0.196. The molecule has 3 fully saturated rings. The number of halogens is 5. The number of hydrogen-bond acceptors (Lipinski definition) is 2. The van der Waals surface area contributed by atoms with Crippen molar-refractivity contribution in [2.45, 2.75) is 37.5 Å². The number of amides is 1. The van der Waals surface area contributed by atoms with Crippen LogP contribution >= 0.6 is 0 Å². The van der Waals surface area contributed by atoms with Gasteiger partial charge in [0.15, 0.2) is 0 Å². The third kappa shape index (κ3) is 4.05. The van der Waals surface area contributed by atoms with E-state index < -0.39 is 46.2 Å². The summed E-state index contributed by atoms with van der Waals surface area (Å²) in [5.41, 5.74) is -1.27. The summed E-state index contributed by atoms with van der Waals surface area (Å²) in [6.07, 6.45) is -1.90. The average Bonchev–Trinajstić information content (AvgIpc) is 3.21. The average molecular weight is 540 g/mol. The zero-order chi connectivity index (χ0) is 27.7. The summed E-state index contributed by atoms with van der Waals surface area (Å²) in [4.78, 5) is 25.1. The van der Waals surface area contributed by atoms with Crippen LogP contribution in [0.15, 0.2) is 66.9 Å². The van der Waals surface area contributed by atoms with Gasteiger partial charge in [-0.1, -0.05) is 18.2 Å². The maximum atomic E-state index is 14.7. The third-order valence-corrected chi connectivity index (χ3v) is 7.85. The molecule has 200 valence electrons. The lowest BCUT2D eigenvalue weighted by atomic mass is 9.39. The molecule has 0 aliphatic heterocycles. The van der Waals surface area contributed by atoms with E-state index in [1.54, 1.807) is 22.9 Å². The van der Waals surface area contributed by atoms with Gasteiger partial charge in [0.1, 0.15) is 11.6 Å². The highest BCUT2D eigenvalue weighted by atomic mass is 19.4. The monoisotopic (exact) mass is 540 g/mol. The molecule has 5 nitrogen and oxygen atoms in total. The van der Waals surface area contributed by atoms with Crippen LogP contribution in [0.25, 0.3) is 22.0 Å². The fraction of sp³-hybridized carbons (Fsp3) is 0.241. The number of carbonyl (C=O) groups excluding carboxylic acids is 1. The Labute approximate surface area is 218 Å². The third-order valence-electron chi connectivity index (χ3n) is 7.85. The Kier molecular flexibility index (Phi) is 5.40. The van der Waals surface area contributed by atoms with Crippen LogP contribution in [-0.2, 0) is 17.5 Å². The van der Waals surface area contributed by atoms with Crippen molar-refractivity contribution in [3.05, 3.63) is 95.2 Å². The highest BCUT2D eigenvalue weighted by Gasteiger charge is 2.72. The van der Waals surface area contributed by atoms with E-state index in [1.807, 2.05) is 0 Å². The molecule has 39 heavy (non-hydrogen) atoms. The molecule has 1 heterocycles. The Balaban J connectivity index is 1.40. The minimum atomic E-state index is -4.47. The van der Waals surface area contributed by atoms with Crippen molar-refractivity contribution >= 4 is 22.8 Å². The van der Waals surface area contributed by atoms with Crippen molar-refractivity contribution in [3.63, 3.8) is 0 Å². The van der Waals surface area contributed by atoms with Gasteiger partial charge in [-0.15, -0.1) is 0 Å². The van der Waals surface area contributed by atoms with Gasteiger partial charge in [0.2, 0.25) is 0 Å². The Hall–Kier alpha value is -4.21. The number of aromatic nitrogens is 1. The van der Waals surface area contributed by atoms with E-state index in [9.17, 15) is 36.6 Å². The number of carboxylic acids is 1. The lowest BCUT2D eigenvalue weighted by Crippen LogP contribution is -2.77. The van der Waals surface area contributed by atoms with Gasteiger partial charge in [0.25, 0.3) is 5.91 Å². The molecule has 2 bridgehead atoms. The summed E-state index contributed by atoms with van der Waals surface area (Å²) in [7, 11) is 0. The highest BCUT2D eigenvalue weighted by Crippen LogP contribution is 2.67. The number of nitrogens with one attached hydrogen (secondary N) is 1. The summed E-state index contributed by atoms with van der Waals surface area (Å²) in [6, 6.07) is 12.7.